The van der Waals surface area contributed by atoms with Crippen molar-refractivity contribution in [2.24, 2.45) is 0 Å². The lowest BCUT2D eigenvalue weighted by molar-refractivity contribution is -0.137. The minimum Gasteiger partial charge on any atom is -0.489 e. The number of methoxy groups -OCH3 is 1. The summed E-state index contributed by atoms with van der Waals surface area (Å²) in [6, 6.07) is 4.12. The number of esters is 1. The van der Waals surface area contributed by atoms with Gasteiger partial charge >= 0.3 is 12.1 Å². The molecule has 1 amide bonds. The van der Waals surface area contributed by atoms with E-state index in [0.29, 0.717) is 4.47 Å². The van der Waals surface area contributed by atoms with Gasteiger partial charge in [-0.3, -0.25) is 4.79 Å². The van der Waals surface area contributed by atoms with Crippen LogP contribution in [0.2, 0.25) is 0 Å². The first-order valence-corrected chi connectivity index (χ1v) is 8.64. The van der Waals surface area contributed by atoms with E-state index >= 15 is 0 Å². The average molecular weight is 465 g/mol. The first kappa shape index (κ1) is 21.8. The molecule has 152 valence electrons. The molecule has 0 spiro atoms. The molecular formula is C17H16BrF3N2O5. The normalized spacial score (nSPS) is 11.2. The molecule has 2 N–H and O–H groups in total. The predicted octanol–water partition coefficient (Wildman–Crippen LogP) is 3.62. The minimum atomic E-state index is -4.60. The predicted molar refractivity (Wildman–Crippen MR) is 96.2 cm³/mol. The SMILES string of the molecule is COCCOc1ccc(C(F)(F)F)cc1NC(=O)COC(=O)c1cc(Br)c[nH]1. The van der Waals surface area contributed by atoms with Crippen LogP contribution in [0.25, 0.3) is 0 Å². The van der Waals surface area contributed by atoms with E-state index in [2.05, 4.69) is 26.2 Å². The van der Waals surface area contributed by atoms with Gasteiger partial charge in [-0.25, -0.2) is 4.79 Å². The van der Waals surface area contributed by atoms with Gasteiger partial charge in [0.15, 0.2) is 6.61 Å². The fourth-order valence-corrected chi connectivity index (χ4v) is 2.39. The Morgan fingerprint density at radius 3 is 2.57 bits per heavy atom. The lowest BCUT2D eigenvalue weighted by Crippen LogP contribution is -2.22. The van der Waals surface area contributed by atoms with Gasteiger partial charge in [0.25, 0.3) is 5.91 Å². The monoisotopic (exact) mass is 464 g/mol. The van der Waals surface area contributed by atoms with Crippen LogP contribution < -0.4 is 10.1 Å². The van der Waals surface area contributed by atoms with Crippen molar-refractivity contribution in [2.45, 2.75) is 6.18 Å². The number of carbonyl (C=O) groups is 2. The van der Waals surface area contributed by atoms with Crippen molar-refractivity contribution < 1.29 is 37.0 Å². The fourth-order valence-electron chi connectivity index (χ4n) is 2.05. The van der Waals surface area contributed by atoms with Gasteiger partial charge in [-0.05, 0) is 40.2 Å². The Kier molecular flexibility index (Phi) is 7.46. The number of nitrogens with one attached hydrogen (secondary N) is 2. The van der Waals surface area contributed by atoms with Crippen molar-refractivity contribution in [2.75, 3.05) is 32.2 Å². The average Bonchev–Trinajstić information content (AvgIpc) is 3.06. The molecule has 1 heterocycles. The Morgan fingerprint density at radius 1 is 1.21 bits per heavy atom. The van der Waals surface area contributed by atoms with Crippen LogP contribution in [0.15, 0.2) is 34.9 Å². The Bertz CT molecular complexity index is 838. The third-order valence-corrected chi connectivity index (χ3v) is 3.79. The van der Waals surface area contributed by atoms with Crippen molar-refractivity contribution >= 4 is 33.5 Å². The maximum Gasteiger partial charge on any atom is 0.416 e. The molecule has 0 bridgehead atoms. The van der Waals surface area contributed by atoms with Gasteiger partial charge in [0.05, 0.1) is 17.9 Å². The highest BCUT2D eigenvalue weighted by molar-refractivity contribution is 9.10. The van der Waals surface area contributed by atoms with Crippen LogP contribution in [0.3, 0.4) is 0 Å². The topological polar surface area (TPSA) is 89.7 Å². The first-order chi connectivity index (χ1) is 13.2. The summed E-state index contributed by atoms with van der Waals surface area (Å²) >= 11 is 3.15. The molecule has 2 rings (SSSR count). The standard InChI is InChI=1S/C17H16BrF3N2O5/c1-26-4-5-27-14-3-2-10(17(19,20)21)6-12(14)23-15(24)9-28-16(25)13-7-11(18)8-22-13/h2-3,6-8,22H,4-5,9H2,1H3,(H,23,24). The molecular weight excluding hydrogens is 449 g/mol. The van der Waals surface area contributed by atoms with E-state index in [1.165, 1.54) is 19.4 Å². The van der Waals surface area contributed by atoms with Crippen molar-refractivity contribution in [3.63, 3.8) is 0 Å². The second-order valence-electron chi connectivity index (χ2n) is 5.41. The van der Waals surface area contributed by atoms with Crippen LogP contribution in [-0.4, -0.2) is 43.8 Å². The number of hydrogen-bond donors (Lipinski definition) is 2. The maximum absolute atomic E-state index is 12.9. The third-order valence-electron chi connectivity index (χ3n) is 3.33. The van der Waals surface area contributed by atoms with Gasteiger partial charge in [-0.2, -0.15) is 13.2 Å². The van der Waals surface area contributed by atoms with Crippen LogP contribution in [0.5, 0.6) is 5.75 Å². The molecule has 0 saturated heterocycles. The lowest BCUT2D eigenvalue weighted by atomic mass is 10.1. The summed E-state index contributed by atoms with van der Waals surface area (Å²) in [7, 11) is 1.44. The summed E-state index contributed by atoms with van der Waals surface area (Å²) in [5, 5.41) is 2.26. The number of aromatic amines is 1. The highest BCUT2D eigenvalue weighted by atomic mass is 79.9. The van der Waals surface area contributed by atoms with Crippen LogP contribution in [0.4, 0.5) is 18.9 Å². The number of ether oxygens (including phenoxy) is 3. The van der Waals surface area contributed by atoms with E-state index in [0.717, 1.165) is 18.2 Å². The summed E-state index contributed by atoms with van der Waals surface area (Å²) in [6.07, 6.45) is -3.10. The van der Waals surface area contributed by atoms with E-state index in [-0.39, 0.29) is 30.3 Å². The molecule has 7 nitrogen and oxygen atoms in total. The van der Waals surface area contributed by atoms with E-state index in [4.69, 9.17) is 14.2 Å². The van der Waals surface area contributed by atoms with E-state index < -0.39 is 30.2 Å². The Labute approximate surface area is 166 Å². The van der Waals surface area contributed by atoms with Crippen LogP contribution in [-0.2, 0) is 20.4 Å². The summed E-state index contributed by atoms with van der Waals surface area (Å²) in [5.41, 5.74) is -1.05. The molecule has 0 radical (unpaired) electrons. The molecule has 0 fully saturated rings. The number of benzene rings is 1. The number of H-pyrrole nitrogens is 1. The summed E-state index contributed by atoms with van der Waals surface area (Å²) in [6.45, 7) is -0.414. The number of carbonyl (C=O) groups excluding carboxylic acids is 2. The maximum atomic E-state index is 12.9. The number of aromatic nitrogens is 1. The van der Waals surface area contributed by atoms with Crippen molar-refractivity contribution in [3.05, 3.63) is 46.2 Å². The molecule has 0 unspecified atom stereocenters. The van der Waals surface area contributed by atoms with Gasteiger partial charge in [-0.15, -0.1) is 0 Å². The Balaban J connectivity index is 2.06. The number of anilines is 1. The molecule has 1 aromatic carbocycles. The largest absolute Gasteiger partial charge is 0.489 e. The molecule has 2 aromatic rings. The zero-order valence-electron chi connectivity index (χ0n) is 14.6. The molecule has 0 atom stereocenters. The third kappa shape index (κ3) is 6.27. The second kappa shape index (κ2) is 9.60. The summed E-state index contributed by atoms with van der Waals surface area (Å²) < 4.78 is 54.4. The fraction of sp³-hybridized carbons (Fsp3) is 0.294. The second-order valence-corrected chi connectivity index (χ2v) is 6.32. The number of halogens is 4. The van der Waals surface area contributed by atoms with E-state index in [1.54, 1.807) is 0 Å². The molecule has 0 aliphatic heterocycles. The summed E-state index contributed by atoms with van der Waals surface area (Å²) in [4.78, 5) is 26.5. The van der Waals surface area contributed by atoms with Gasteiger partial charge in [0, 0.05) is 17.8 Å². The van der Waals surface area contributed by atoms with Crippen molar-refractivity contribution in [1.82, 2.24) is 4.98 Å². The van der Waals surface area contributed by atoms with Crippen molar-refractivity contribution in [1.29, 1.82) is 0 Å². The molecule has 0 aliphatic carbocycles. The van der Waals surface area contributed by atoms with Gasteiger partial charge in [0.1, 0.15) is 18.1 Å². The smallest absolute Gasteiger partial charge is 0.416 e. The quantitative estimate of drug-likeness (QED) is 0.460. The highest BCUT2D eigenvalue weighted by Crippen LogP contribution is 2.35. The Hall–Kier alpha value is -2.53. The van der Waals surface area contributed by atoms with E-state index in [1.807, 2.05) is 0 Å². The first-order valence-electron chi connectivity index (χ1n) is 7.84. The zero-order valence-corrected chi connectivity index (χ0v) is 16.1. The van der Waals surface area contributed by atoms with E-state index in [9.17, 15) is 22.8 Å². The molecule has 1 aromatic heterocycles. The summed E-state index contributed by atoms with van der Waals surface area (Å²) in [5.74, 6) is -1.59. The zero-order chi connectivity index (χ0) is 20.7. The molecule has 28 heavy (non-hydrogen) atoms. The van der Waals surface area contributed by atoms with Gasteiger partial charge in [0.2, 0.25) is 0 Å². The van der Waals surface area contributed by atoms with Gasteiger partial charge < -0.3 is 24.5 Å². The number of rotatable bonds is 8. The number of amides is 1. The number of hydrogen-bond acceptors (Lipinski definition) is 5. The van der Waals surface area contributed by atoms with Crippen molar-refractivity contribution in [3.8, 4) is 5.75 Å². The molecule has 11 heteroatoms. The molecule has 0 aliphatic rings. The van der Waals surface area contributed by atoms with Crippen LogP contribution >= 0.6 is 15.9 Å². The number of alkyl halides is 3. The Morgan fingerprint density at radius 2 is 1.96 bits per heavy atom. The highest BCUT2D eigenvalue weighted by Gasteiger charge is 2.31. The van der Waals surface area contributed by atoms with Crippen LogP contribution in [0.1, 0.15) is 16.1 Å². The van der Waals surface area contributed by atoms with Gasteiger partial charge in [-0.1, -0.05) is 0 Å². The minimum absolute atomic E-state index is 0.0259. The lowest BCUT2D eigenvalue weighted by Gasteiger charge is -2.15. The van der Waals surface area contributed by atoms with Crippen LogP contribution in [0, 0.1) is 0 Å². The molecule has 0 saturated carbocycles.